The summed E-state index contributed by atoms with van der Waals surface area (Å²) in [6, 6.07) is 0. The van der Waals surface area contributed by atoms with Crippen molar-refractivity contribution in [1.29, 1.82) is 0 Å². The normalized spacial score (nSPS) is 9.73. The molecule has 0 aliphatic rings. The molecular weight excluding hydrogens is 426 g/mol. The van der Waals surface area contributed by atoms with Crippen LogP contribution < -0.4 is 0 Å². The van der Waals surface area contributed by atoms with Crippen LogP contribution in [0.15, 0.2) is 0 Å². The second-order valence-corrected chi connectivity index (χ2v) is 4.83. The Morgan fingerprint density at radius 3 is 1.60 bits per heavy atom. The Balaban J connectivity index is 3.36. The molecule has 0 spiro atoms. The second-order valence-electron chi connectivity index (χ2n) is 2.67. The average Bonchev–Trinajstić information content (AvgIpc) is 2.23. The van der Waals surface area contributed by atoms with Crippen LogP contribution in [0, 0.1) is 0 Å². The van der Waals surface area contributed by atoms with Crippen LogP contribution in [0.5, 0.6) is 0 Å². The van der Waals surface area contributed by atoms with Crippen LogP contribution in [0.4, 0.5) is 0 Å². The van der Waals surface area contributed by atoms with Gasteiger partial charge in [-0.25, -0.2) is 0 Å². The zero-order valence-corrected chi connectivity index (χ0v) is 12.7. The summed E-state index contributed by atoms with van der Waals surface area (Å²) in [6.45, 7) is 0.886. The molecule has 0 atom stereocenters. The van der Waals surface area contributed by atoms with E-state index < -0.39 is 0 Å². The summed E-state index contributed by atoms with van der Waals surface area (Å²) >= 11 is 4.26. The van der Waals surface area contributed by atoms with Crippen LogP contribution in [0.3, 0.4) is 0 Å². The molecule has 0 aromatic rings. The van der Waals surface area contributed by atoms with E-state index in [2.05, 4.69) is 45.2 Å². The lowest BCUT2D eigenvalue weighted by molar-refractivity contribution is -0.144. The fraction of sp³-hybridized carbons (Fsp3) is 0.778. The Kier molecular flexibility index (Phi) is 11.2. The molecule has 0 fully saturated rings. The highest BCUT2D eigenvalue weighted by atomic mass is 127. The summed E-state index contributed by atoms with van der Waals surface area (Å²) in [5.74, 6) is -0.485. The number of halogens is 2. The molecule has 0 unspecified atom stereocenters. The summed E-state index contributed by atoms with van der Waals surface area (Å²) in [4.78, 5) is 22.0. The van der Waals surface area contributed by atoms with Crippen molar-refractivity contribution in [2.45, 2.75) is 19.3 Å². The standard InChI is InChI=1S/C9H14I2O4/c10-4-6-14-8(12)2-1-3-9(13)15-7-5-11/h1-7H2. The first-order chi connectivity index (χ1) is 7.20. The number of carbonyl (C=O) groups excluding carboxylic acids is 2. The first kappa shape index (κ1) is 15.4. The third-order valence-corrected chi connectivity index (χ3v) is 2.32. The summed E-state index contributed by atoms with van der Waals surface area (Å²) in [7, 11) is 0. The van der Waals surface area contributed by atoms with Gasteiger partial charge in [0.2, 0.25) is 0 Å². The molecule has 0 aromatic heterocycles. The Bertz CT molecular complexity index is 177. The minimum atomic E-state index is -0.242. The SMILES string of the molecule is O=C(CCCC(=O)OCCI)OCCI. The molecule has 0 N–H and O–H groups in total. The Labute approximate surface area is 117 Å². The number of hydrogen-bond acceptors (Lipinski definition) is 4. The predicted molar refractivity (Wildman–Crippen MR) is 73.5 cm³/mol. The molecule has 0 radical (unpaired) electrons. The van der Waals surface area contributed by atoms with Crippen LogP contribution in [0.2, 0.25) is 0 Å². The van der Waals surface area contributed by atoms with Crippen molar-refractivity contribution >= 4 is 57.1 Å². The highest BCUT2D eigenvalue weighted by Gasteiger charge is 2.06. The third-order valence-electron chi connectivity index (χ3n) is 1.44. The van der Waals surface area contributed by atoms with Crippen molar-refractivity contribution in [3.05, 3.63) is 0 Å². The maximum atomic E-state index is 11.0. The van der Waals surface area contributed by atoms with Gasteiger partial charge in [0.05, 0.1) is 0 Å². The van der Waals surface area contributed by atoms with Crippen LogP contribution >= 0.6 is 45.2 Å². The minimum Gasteiger partial charge on any atom is -0.465 e. The molecule has 0 saturated heterocycles. The van der Waals surface area contributed by atoms with Crippen molar-refractivity contribution < 1.29 is 19.1 Å². The first-order valence-corrected chi connectivity index (χ1v) is 7.69. The molecular formula is C9H14I2O4. The summed E-state index contributed by atoms with van der Waals surface area (Å²) in [5.41, 5.74) is 0. The van der Waals surface area contributed by atoms with Crippen LogP contribution in [-0.2, 0) is 19.1 Å². The number of alkyl halides is 2. The summed E-state index contributed by atoms with van der Waals surface area (Å²) in [5, 5.41) is 0. The number of esters is 2. The molecule has 0 aliphatic heterocycles. The Morgan fingerprint density at radius 2 is 1.27 bits per heavy atom. The largest absolute Gasteiger partial charge is 0.465 e. The van der Waals surface area contributed by atoms with Gasteiger partial charge in [0.15, 0.2) is 0 Å². The monoisotopic (exact) mass is 440 g/mol. The van der Waals surface area contributed by atoms with Gasteiger partial charge in [-0.15, -0.1) is 0 Å². The van der Waals surface area contributed by atoms with E-state index in [1.165, 1.54) is 0 Å². The number of rotatable bonds is 8. The number of ether oxygens (including phenoxy) is 2. The highest BCUT2D eigenvalue weighted by molar-refractivity contribution is 14.1. The predicted octanol–water partition coefficient (Wildman–Crippen LogP) is 2.11. The molecule has 0 saturated carbocycles. The zero-order valence-electron chi connectivity index (χ0n) is 8.34. The highest BCUT2D eigenvalue weighted by Crippen LogP contribution is 2.00. The fourth-order valence-electron chi connectivity index (χ4n) is 0.826. The zero-order chi connectivity index (χ0) is 11.5. The first-order valence-electron chi connectivity index (χ1n) is 4.64. The molecule has 0 rings (SSSR count). The minimum absolute atomic E-state index is 0.242. The van der Waals surface area contributed by atoms with Crippen molar-refractivity contribution in [2.75, 3.05) is 22.1 Å². The van der Waals surface area contributed by atoms with E-state index in [-0.39, 0.29) is 24.8 Å². The van der Waals surface area contributed by atoms with Gasteiger partial charge in [0, 0.05) is 21.7 Å². The molecule has 6 heteroatoms. The lowest BCUT2D eigenvalue weighted by Crippen LogP contribution is -2.09. The Hall–Kier alpha value is 0.400. The lowest BCUT2D eigenvalue weighted by atomic mass is 10.2. The molecule has 4 nitrogen and oxygen atoms in total. The fourth-order valence-corrected chi connectivity index (χ4v) is 1.27. The Morgan fingerprint density at radius 1 is 0.867 bits per heavy atom. The van der Waals surface area contributed by atoms with Crippen molar-refractivity contribution in [1.82, 2.24) is 0 Å². The van der Waals surface area contributed by atoms with Crippen LogP contribution in [-0.4, -0.2) is 34.0 Å². The van der Waals surface area contributed by atoms with Gasteiger partial charge in [0.25, 0.3) is 0 Å². The van der Waals surface area contributed by atoms with Gasteiger partial charge in [-0.2, -0.15) is 0 Å². The third kappa shape index (κ3) is 10.7. The van der Waals surface area contributed by atoms with Gasteiger partial charge in [-0.3, -0.25) is 9.59 Å². The van der Waals surface area contributed by atoms with Crippen molar-refractivity contribution in [2.24, 2.45) is 0 Å². The van der Waals surface area contributed by atoms with Gasteiger partial charge >= 0.3 is 11.9 Å². The van der Waals surface area contributed by atoms with E-state index in [4.69, 9.17) is 9.47 Å². The van der Waals surface area contributed by atoms with Crippen LogP contribution in [0.25, 0.3) is 0 Å². The van der Waals surface area contributed by atoms with E-state index in [1.54, 1.807) is 0 Å². The van der Waals surface area contributed by atoms with Crippen molar-refractivity contribution in [3.63, 3.8) is 0 Å². The molecule has 88 valence electrons. The molecule has 15 heavy (non-hydrogen) atoms. The maximum absolute atomic E-state index is 11.0. The molecule has 0 bridgehead atoms. The van der Waals surface area contributed by atoms with Gasteiger partial charge in [0.1, 0.15) is 13.2 Å². The maximum Gasteiger partial charge on any atom is 0.305 e. The second kappa shape index (κ2) is 10.9. The number of hydrogen-bond donors (Lipinski definition) is 0. The van der Waals surface area contributed by atoms with Gasteiger partial charge < -0.3 is 9.47 Å². The van der Waals surface area contributed by atoms with E-state index >= 15 is 0 Å². The van der Waals surface area contributed by atoms with Crippen LogP contribution in [0.1, 0.15) is 19.3 Å². The molecule has 0 amide bonds. The lowest BCUT2D eigenvalue weighted by Gasteiger charge is -2.03. The van der Waals surface area contributed by atoms with Gasteiger partial charge in [-0.05, 0) is 6.42 Å². The average molecular weight is 440 g/mol. The summed E-state index contributed by atoms with van der Waals surface area (Å²) in [6.07, 6.45) is 1.08. The quantitative estimate of drug-likeness (QED) is 0.330. The van der Waals surface area contributed by atoms with E-state index in [9.17, 15) is 9.59 Å². The molecule has 0 aliphatic carbocycles. The van der Waals surface area contributed by atoms with E-state index in [0.717, 1.165) is 8.86 Å². The molecule has 0 aromatic carbocycles. The number of carbonyl (C=O) groups is 2. The summed E-state index contributed by atoms with van der Waals surface area (Å²) < 4.78 is 11.3. The van der Waals surface area contributed by atoms with Crippen molar-refractivity contribution in [3.8, 4) is 0 Å². The smallest absolute Gasteiger partial charge is 0.305 e. The topological polar surface area (TPSA) is 52.6 Å². The van der Waals surface area contributed by atoms with E-state index in [0.29, 0.717) is 19.6 Å². The molecule has 0 heterocycles. The van der Waals surface area contributed by atoms with E-state index in [1.807, 2.05) is 0 Å². The van der Waals surface area contributed by atoms with Gasteiger partial charge in [-0.1, -0.05) is 45.2 Å².